The van der Waals surface area contributed by atoms with Crippen LogP contribution in [0.3, 0.4) is 0 Å². The van der Waals surface area contributed by atoms with E-state index in [0.717, 1.165) is 31.6 Å². The first-order valence-electron chi connectivity index (χ1n) is 6.77. The lowest BCUT2D eigenvalue weighted by Gasteiger charge is -2.24. The molecule has 0 aliphatic carbocycles. The highest BCUT2D eigenvalue weighted by atomic mass is 35.5. The zero-order valence-corrected chi connectivity index (χ0v) is 12.3. The number of amides is 1. The summed E-state index contributed by atoms with van der Waals surface area (Å²) in [4.78, 5) is 14.2. The minimum absolute atomic E-state index is 0.0717. The molecule has 0 radical (unpaired) electrons. The van der Waals surface area contributed by atoms with E-state index in [9.17, 15) is 18.0 Å². The molecule has 21 heavy (non-hydrogen) atoms. The molecule has 1 aromatic carbocycles. The maximum Gasteiger partial charge on any atom is 0.471 e. The summed E-state index contributed by atoms with van der Waals surface area (Å²) in [6.45, 7) is 3.19. The fraction of sp³-hybridized carbons (Fsp3) is 0.500. The molecule has 3 nitrogen and oxygen atoms in total. The predicted molar refractivity (Wildman–Crippen MR) is 77.0 cm³/mol. The highest BCUT2D eigenvalue weighted by Gasteiger charge is 2.42. The van der Waals surface area contributed by atoms with Crippen molar-refractivity contribution >= 4 is 28.9 Å². The normalized spacial score (nSPS) is 15.4. The fourth-order valence-electron chi connectivity index (χ4n) is 2.47. The van der Waals surface area contributed by atoms with Crippen LogP contribution >= 0.6 is 11.6 Å². The van der Waals surface area contributed by atoms with Crippen LogP contribution in [-0.4, -0.2) is 31.7 Å². The molecule has 0 N–H and O–H groups in total. The van der Waals surface area contributed by atoms with E-state index in [2.05, 4.69) is 4.90 Å². The summed E-state index contributed by atoms with van der Waals surface area (Å²) < 4.78 is 37.7. The Bertz CT molecular complexity index is 527. The van der Waals surface area contributed by atoms with Crippen LogP contribution in [0.2, 0.25) is 5.02 Å². The SMILES string of the molecule is CCN(C(=O)C(F)(F)F)c1ccc(N2CCCC2)c(Cl)c1. The summed E-state index contributed by atoms with van der Waals surface area (Å²) in [6.07, 6.45) is -2.74. The van der Waals surface area contributed by atoms with Crippen molar-refractivity contribution in [1.82, 2.24) is 0 Å². The molecule has 2 rings (SSSR count). The maximum absolute atomic E-state index is 12.6. The van der Waals surface area contributed by atoms with E-state index in [1.807, 2.05) is 0 Å². The van der Waals surface area contributed by atoms with Crippen molar-refractivity contribution in [3.8, 4) is 0 Å². The molecule has 0 saturated carbocycles. The molecule has 1 aliphatic rings. The number of halogens is 4. The number of hydrogen-bond acceptors (Lipinski definition) is 2. The Labute approximate surface area is 126 Å². The van der Waals surface area contributed by atoms with Crippen LogP contribution in [0.15, 0.2) is 18.2 Å². The summed E-state index contributed by atoms with van der Waals surface area (Å²) in [5, 5.41) is 0.364. The van der Waals surface area contributed by atoms with Crippen molar-refractivity contribution in [2.45, 2.75) is 25.9 Å². The van der Waals surface area contributed by atoms with E-state index >= 15 is 0 Å². The number of anilines is 2. The van der Waals surface area contributed by atoms with Crippen molar-refractivity contribution in [2.75, 3.05) is 29.4 Å². The standard InChI is InChI=1S/C14H16ClF3N2O/c1-2-20(13(21)14(16,17)18)10-5-6-12(11(15)9-10)19-7-3-4-8-19/h5-6,9H,2-4,7-8H2,1H3. The molecule has 116 valence electrons. The molecule has 1 fully saturated rings. The van der Waals surface area contributed by atoms with Crippen molar-refractivity contribution in [3.05, 3.63) is 23.2 Å². The topological polar surface area (TPSA) is 23.6 Å². The first-order chi connectivity index (χ1) is 9.84. The number of benzene rings is 1. The molecule has 1 aliphatic heterocycles. The number of carbonyl (C=O) groups is 1. The van der Waals surface area contributed by atoms with Gasteiger partial charge in [-0.05, 0) is 38.0 Å². The fourth-order valence-corrected chi connectivity index (χ4v) is 2.77. The second-order valence-corrected chi connectivity index (χ2v) is 5.28. The van der Waals surface area contributed by atoms with Gasteiger partial charge in [0.1, 0.15) is 0 Å². The average Bonchev–Trinajstić information content (AvgIpc) is 2.92. The Morgan fingerprint density at radius 1 is 1.33 bits per heavy atom. The molecular weight excluding hydrogens is 305 g/mol. The number of rotatable bonds is 3. The predicted octanol–water partition coefficient (Wildman–Crippen LogP) is 3.86. The molecule has 1 amide bonds. The Morgan fingerprint density at radius 3 is 2.43 bits per heavy atom. The summed E-state index contributed by atoms with van der Waals surface area (Å²) in [7, 11) is 0. The molecule has 0 unspecified atom stereocenters. The molecule has 0 aromatic heterocycles. The van der Waals surface area contributed by atoms with E-state index in [0.29, 0.717) is 9.92 Å². The van der Waals surface area contributed by atoms with Crippen molar-refractivity contribution < 1.29 is 18.0 Å². The van der Waals surface area contributed by atoms with Gasteiger partial charge in [0.2, 0.25) is 0 Å². The van der Waals surface area contributed by atoms with Crippen LogP contribution in [0.25, 0.3) is 0 Å². The van der Waals surface area contributed by atoms with E-state index in [1.54, 1.807) is 6.07 Å². The van der Waals surface area contributed by atoms with Crippen molar-refractivity contribution in [2.24, 2.45) is 0 Å². The zero-order chi connectivity index (χ0) is 15.6. The van der Waals surface area contributed by atoms with Gasteiger partial charge in [-0.2, -0.15) is 13.2 Å². The van der Waals surface area contributed by atoms with Gasteiger partial charge in [-0.1, -0.05) is 11.6 Å². The minimum atomic E-state index is -4.89. The van der Waals surface area contributed by atoms with Crippen LogP contribution in [0, 0.1) is 0 Å². The second kappa shape index (κ2) is 6.13. The summed E-state index contributed by atoms with van der Waals surface area (Å²) in [6, 6.07) is 4.60. The monoisotopic (exact) mass is 320 g/mol. The lowest BCUT2D eigenvalue weighted by Crippen LogP contribution is -2.41. The van der Waals surface area contributed by atoms with Gasteiger partial charge in [0.05, 0.1) is 10.7 Å². The van der Waals surface area contributed by atoms with Gasteiger partial charge in [-0.15, -0.1) is 0 Å². The van der Waals surface area contributed by atoms with Crippen LogP contribution in [0.1, 0.15) is 19.8 Å². The minimum Gasteiger partial charge on any atom is -0.370 e. The Balaban J connectivity index is 2.27. The van der Waals surface area contributed by atoms with Gasteiger partial charge in [-0.25, -0.2) is 0 Å². The maximum atomic E-state index is 12.6. The van der Waals surface area contributed by atoms with Gasteiger partial charge in [-0.3, -0.25) is 4.79 Å². The van der Waals surface area contributed by atoms with Crippen LogP contribution in [0.5, 0.6) is 0 Å². The van der Waals surface area contributed by atoms with Crippen LogP contribution < -0.4 is 9.80 Å². The molecular formula is C14H16ClF3N2O. The van der Waals surface area contributed by atoms with E-state index in [-0.39, 0.29) is 12.2 Å². The molecule has 1 saturated heterocycles. The van der Waals surface area contributed by atoms with E-state index < -0.39 is 12.1 Å². The molecule has 0 atom stereocenters. The quantitative estimate of drug-likeness (QED) is 0.844. The van der Waals surface area contributed by atoms with Gasteiger partial charge >= 0.3 is 12.1 Å². The zero-order valence-electron chi connectivity index (χ0n) is 11.6. The summed E-state index contributed by atoms with van der Waals surface area (Å²) >= 11 is 6.17. The molecule has 1 aromatic rings. The number of alkyl halides is 3. The van der Waals surface area contributed by atoms with E-state index in [4.69, 9.17) is 11.6 Å². The van der Waals surface area contributed by atoms with Crippen LogP contribution in [0.4, 0.5) is 24.5 Å². The Hall–Kier alpha value is -1.43. The second-order valence-electron chi connectivity index (χ2n) is 4.88. The third-order valence-electron chi connectivity index (χ3n) is 3.49. The number of nitrogens with zero attached hydrogens (tertiary/aromatic N) is 2. The van der Waals surface area contributed by atoms with Crippen LogP contribution in [-0.2, 0) is 4.79 Å². The van der Waals surface area contributed by atoms with Crippen molar-refractivity contribution in [1.29, 1.82) is 0 Å². The first-order valence-corrected chi connectivity index (χ1v) is 7.15. The molecule has 0 bridgehead atoms. The smallest absolute Gasteiger partial charge is 0.370 e. The van der Waals surface area contributed by atoms with Gasteiger partial charge in [0, 0.05) is 25.3 Å². The summed E-state index contributed by atoms with van der Waals surface area (Å²) in [5.41, 5.74) is 0.959. The summed E-state index contributed by atoms with van der Waals surface area (Å²) in [5.74, 6) is -1.88. The largest absolute Gasteiger partial charge is 0.471 e. The van der Waals surface area contributed by atoms with Gasteiger partial charge in [0.15, 0.2) is 0 Å². The third-order valence-corrected chi connectivity index (χ3v) is 3.80. The van der Waals surface area contributed by atoms with E-state index in [1.165, 1.54) is 19.1 Å². The average molecular weight is 321 g/mol. The first kappa shape index (κ1) is 15.9. The van der Waals surface area contributed by atoms with Crippen molar-refractivity contribution in [3.63, 3.8) is 0 Å². The van der Waals surface area contributed by atoms with Gasteiger partial charge in [0.25, 0.3) is 0 Å². The molecule has 0 spiro atoms. The highest BCUT2D eigenvalue weighted by molar-refractivity contribution is 6.33. The lowest BCUT2D eigenvalue weighted by atomic mass is 10.2. The van der Waals surface area contributed by atoms with Gasteiger partial charge < -0.3 is 9.80 Å². The Morgan fingerprint density at radius 2 is 1.95 bits per heavy atom. The molecule has 7 heteroatoms. The third kappa shape index (κ3) is 3.43. The molecule has 1 heterocycles. The highest BCUT2D eigenvalue weighted by Crippen LogP contribution is 2.33. The number of hydrogen-bond donors (Lipinski definition) is 0. The lowest BCUT2D eigenvalue weighted by molar-refractivity contribution is -0.170. The Kier molecular flexibility index (Phi) is 4.66. The number of carbonyl (C=O) groups excluding carboxylic acids is 1.